The molecule has 0 radical (unpaired) electrons. The molecule has 2 amide bonds. The van der Waals surface area contributed by atoms with Gasteiger partial charge in [-0.05, 0) is 45.1 Å². The molecule has 25 heavy (non-hydrogen) atoms. The topological polar surface area (TPSA) is 71.1 Å². The van der Waals surface area contributed by atoms with Crippen LogP contribution in [0.2, 0.25) is 0 Å². The monoisotopic (exact) mass is 349 g/mol. The number of carbonyl (C=O) groups is 2. The van der Waals surface area contributed by atoms with Gasteiger partial charge in [0.05, 0.1) is 18.8 Å². The predicted octanol–water partition coefficient (Wildman–Crippen LogP) is 2.05. The van der Waals surface area contributed by atoms with Crippen molar-refractivity contribution in [1.29, 1.82) is 0 Å². The van der Waals surface area contributed by atoms with E-state index in [0.717, 1.165) is 26.0 Å². The Morgan fingerprint density at radius 1 is 1.32 bits per heavy atom. The standard InChI is InChI=1S/C18H27N3O4/c1-20(2)9-10-21(13-16-8-5-11-25-16)18(23)19-15-7-4-6-14(12-15)17(22)24-3/h4,6-7,12,16H,5,8-11,13H2,1-3H3,(H,19,23)/t16-/m0/s1. The average molecular weight is 349 g/mol. The second kappa shape index (κ2) is 9.39. The van der Waals surface area contributed by atoms with Gasteiger partial charge < -0.3 is 24.6 Å². The number of ether oxygens (including phenoxy) is 2. The van der Waals surface area contributed by atoms with Gasteiger partial charge >= 0.3 is 12.0 Å². The van der Waals surface area contributed by atoms with Crippen LogP contribution >= 0.6 is 0 Å². The molecule has 1 saturated heterocycles. The van der Waals surface area contributed by atoms with E-state index in [1.54, 1.807) is 29.2 Å². The van der Waals surface area contributed by atoms with Crippen molar-refractivity contribution in [2.75, 3.05) is 52.8 Å². The number of nitrogens with zero attached hydrogens (tertiary/aromatic N) is 2. The van der Waals surface area contributed by atoms with E-state index < -0.39 is 5.97 Å². The van der Waals surface area contributed by atoms with Gasteiger partial charge in [0, 0.05) is 31.9 Å². The van der Waals surface area contributed by atoms with Gasteiger partial charge in [-0.25, -0.2) is 9.59 Å². The van der Waals surface area contributed by atoms with Crippen LogP contribution in [0.3, 0.4) is 0 Å². The Balaban J connectivity index is 2.03. The van der Waals surface area contributed by atoms with E-state index in [4.69, 9.17) is 9.47 Å². The molecule has 0 aromatic heterocycles. The number of urea groups is 1. The Kier molecular flexibility index (Phi) is 7.21. The number of benzene rings is 1. The van der Waals surface area contributed by atoms with Crippen molar-refractivity contribution in [1.82, 2.24) is 9.80 Å². The van der Waals surface area contributed by atoms with Crippen LogP contribution in [-0.2, 0) is 9.47 Å². The molecule has 1 aromatic rings. The summed E-state index contributed by atoms with van der Waals surface area (Å²) in [6, 6.07) is 6.53. The number of hydrogen-bond acceptors (Lipinski definition) is 5. The van der Waals surface area contributed by atoms with Crippen LogP contribution in [0.4, 0.5) is 10.5 Å². The van der Waals surface area contributed by atoms with Crippen LogP contribution in [-0.4, -0.2) is 75.4 Å². The summed E-state index contributed by atoms with van der Waals surface area (Å²) in [5, 5.41) is 2.86. The number of methoxy groups -OCH3 is 1. The molecule has 0 bridgehead atoms. The van der Waals surface area contributed by atoms with Gasteiger partial charge in [-0.1, -0.05) is 6.07 Å². The third-order valence-electron chi connectivity index (χ3n) is 4.09. The average Bonchev–Trinajstić information content (AvgIpc) is 3.11. The van der Waals surface area contributed by atoms with E-state index in [1.807, 2.05) is 19.0 Å². The number of hydrogen-bond donors (Lipinski definition) is 1. The lowest BCUT2D eigenvalue weighted by atomic mass is 10.2. The number of likely N-dealkylation sites (N-methyl/N-ethyl adjacent to an activating group) is 1. The molecule has 1 aliphatic rings. The lowest BCUT2D eigenvalue weighted by Crippen LogP contribution is -2.43. The van der Waals surface area contributed by atoms with Crippen molar-refractivity contribution in [2.24, 2.45) is 0 Å². The number of nitrogens with one attached hydrogen (secondary N) is 1. The highest BCUT2D eigenvalue weighted by atomic mass is 16.5. The van der Waals surface area contributed by atoms with E-state index in [9.17, 15) is 9.59 Å². The first-order chi connectivity index (χ1) is 12.0. The van der Waals surface area contributed by atoms with Crippen LogP contribution in [0.15, 0.2) is 24.3 Å². The van der Waals surface area contributed by atoms with Crippen LogP contribution < -0.4 is 5.32 Å². The summed E-state index contributed by atoms with van der Waals surface area (Å²) in [4.78, 5) is 28.1. The minimum absolute atomic E-state index is 0.0920. The maximum Gasteiger partial charge on any atom is 0.337 e. The van der Waals surface area contributed by atoms with Crippen molar-refractivity contribution in [3.05, 3.63) is 29.8 Å². The van der Waals surface area contributed by atoms with Crippen molar-refractivity contribution in [3.63, 3.8) is 0 Å². The first-order valence-electron chi connectivity index (χ1n) is 8.50. The van der Waals surface area contributed by atoms with Gasteiger partial charge in [-0.2, -0.15) is 0 Å². The molecule has 1 fully saturated rings. The van der Waals surface area contributed by atoms with Gasteiger partial charge in [0.25, 0.3) is 0 Å². The Labute approximate surface area is 148 Å². The van der Waals surface area contributed by atoms with E-state index >= 15 is 0 Å². The second-order valence-electron chi connectivity index (χ2n) is 6.39. The molecule has 1 N–H and O–H groups in total. The molecule has 0 spiro atoms. The Hall–Kier alpha value is -2.12. The zero-order valence-corrected chi connectivity index (χ0v) is 15.2. The van der Waals surface area contributed by atoms with Crippen LogP contribution in [0.5, 0.6) is 0 Å². The zero-order valence-electron chi connectivity index (χ0n) is 15.2. The van der Waals surface area contributed by atoms with Gasteiger partial charge in [0.2, 0.25) is 0 Å². The molecule has 0 unspecified atom stereocenters. The normalized spacial score (nSPS) is 16.7. The molecule has 1 heterocycles. The smallest absolute Gasteiger partial charge is 0.337 e. The Bertz CT molecular complexity index is 585. The number of rotatable bonds is 7. The summed E-state index contributed by atoms with van der Waals surface area (Å²) in [6.07, 6.45) is 2.10. The molecule has 2 rings (SSSR count). The largest absolute Gasteiger partial charge is 0.465 e. The second-order valence-corrected chi connectivity index (χ2v) is 6.39. The third-order valence-corrected chi connectivity index (χ3v) is 4.09. The summed E-state index contributed by atoms with van der Waals surface area (Å²) in [6.45, 7) is 2.70. The SMILES string of the molecule is COC(=O)c1cccc(NC(=O)N(CCN(C)C)C[C@@H]2CCCO2)c1. The lowest BCUT2D eigenvalue weighted by Gasteiger charge is -2.27. The first kappa shape index (κ1) is 19.2. The fourth-order valence-electron chi connectivity index (χ4n) is 2.67. The molecular formula is C18H27N3O4. The van der Waals surface area contributed by atoms with E-state index in [-0.39, 0.29) is 12.1 Å². The van der Waals surface area contributed by atoms with E-state index in [2.05, 4.69) is 5.32 Å². The van der Waals surface area contributed by atoms with Gasteiger partial charge in [0.15, 0.2) is 0 Å². The van der Waals surface area contributed by atoms with Gasteiger partial charge in [-0.3, -0.25) is 0 Å². The Morgan fingerprint density at radius 2 is 2.12 bits per heavy atom. The number of carbonyl (C=O) groups excluding carboxylic acids is 2. The summed E-state index contributed by atoms with van der Waals surface area (Å²) in [7, 11) is 5.28. The highest BCUT2D eigenvalue weighted by Gasteiger charge is 2.22. The van der Waals surface area contributed by atoms with Crippen LogP contribution in [0, 0.1) is 0 Å². The quantitative estimate of drug-likeness (QED) is 0.763. The van der Waals surface area contributed by atoms with E-state index in [1.165, 1.54) is 7.11 Å². The Morgan fingerprint density at radius 3 is 2.76 bits per heavy atom. The molecular weight excluding hydrogens is 322 g/mol. The maximum absolute atomic E-state index is 12.7. The van der Waals surface area contributed by atoms with E-state index in [0.29, 0.717) is 24.3 Å². The van der Waals surface area contributed by atoms with Crippen molar-refractivity contribution in [2.45, 2.75) is 18.9 Å². The number of anilines is 1. The summed E-state index contributed by atoms with van der Waals surface area (Å²) in [5.74, 6) is -0.431. The fourth-order valence-corrected chi connectivity index (χ4v) is 2.67. The lowest BCUT2D eigenvalue weighted by molar-refractivity contribution is 0.0600. The number of amides is 2. The molecule has 7 heteroatoms. The minimum atomic E-state index is -0.431. The van der Waals surface area contributed by atoms with Gasteiger partial charge in [-0.15, -0.1) is 0 Å². The molecule has 7 nitrogen and oxygen atoms in total. The molecule has 1 aliphatic heterocycles. The molecule has 0 aliphatic carbocycles. The van der Waals surface area contributed by atoms with Crippen LogP contribution in [0.1, 0.15) is 23.2 Å². The summed E-state index contributed by atoms with van der Waals surface area (Å²) >= 11 is 0. The van der Waals surface area contributed by atoms with Crippen LogP contribution in [0.25, 0.3) is 0 Å². The van der Waals surface area contributed by atoms with Crippen molar-refractivity contribution < 1.29 is 19.1 Å². The summed E-state index contributed by atoms with van der Waals surface area (Å²) < 4.78 is 10.4. The fraction of sp³-hybridized carbons (Fsp3) is 0.556. The third kappa shape index (κ3) is 6.03. The number of esters is 1. The van der Waals surface area contributed by atoms with Crippen molar-refractivity contribution in [3.8, 4) is 0 Å². The molecule has 138 valence electrons. The molecule has 0 saturated carbocycles. The highest BCUT2D eigenvalue weighted by molar-refractivity contribution is 5.93. The predicted molar refractivity (Wildman–Crippen MR) is 95.9 cm³/mol. The minimum Gasteiger partial charge on any atom is -0.465 e. The highest BCUT2D eigenvalue weighted by Crippen LogP contribution is 2.16. The molecule has 1 atom stereocenters. The first-order valence-corrected chi connectivity index (χ1v) is 8.50. The van der Waals surface area contributed by atoms with Crippen molar-refractivity contribution >= 4 is 17.7 Å². The summed E-state index contributed by atoms with van der Waals surface area (Å²) in [5.41, 5.74) is 0.967. The molecule has 1 aromatic carbocycles. The zero-order chi connectivity index (χ0) is 18.2. The maximum atomic E-state index is 12.7. The van der Waals surface area contributed by atoms with Gasteiger partial charge in [0.1, 0.15) is 0 Å².